The number of hydrogen-bond acceptors (Lipinski definition) is 5. The minimum atomic E-state index is -1.29. The Bertz CT molecular complexity index is 525. The first-order valence-corrected chi connectivity index (χ1v) is 6.02. The number of carboxylic acid groups (broad SMARTS) is 1. The van der Waals surface area contributed by atoms with Crippen molar-refractivity contribution in [3.8, 4) is 0 Å². The summed E-state index contributed by atoms with van der Waals surface area (Å²) in [5.41, 5.74) is 4.91. The number of amides is 3. The van der Waals surface area contributed by atoms with Crippen LogP contribution in [0.15, 0.2) is 22.8 Å². The Morgan fingerprint density at radius 1 is 1.33 bits per heavy atom. The van der Waals surface area contributed by atoms with Gasteiger partial charge >= 0.3 is 5.97 Å². The van der Waals surface area contributed by atoms with Gasteiger partial charge < -0.3 is 25.9 Å². The largest absolute Gasteiger partial charge is 0.480 e. The first-order valence-electron chi connectivity index (χ1n) is 6.02. The van der Waals surface area contributed by atoms with E-state index in [1.54, 1.807) is 0 Å². The maximum absolute atomic E-state index is 11.5. The molecular formula is C12H15N3O6. The molecule has 21 heavy (non-hydrogen) atoms. The Hall–Kier alpha value is -2.84. The molecule has 9 heteroatoms. The van der Waals surface area contributed by atoms with Gasteiger partial charge in [0.05, 0.1) is 12.8 Å². The van der Waals surface area contributed by atoms with E-state index in [2.05, 4.69) is 10.6 Å². The molecule has 0 fully saturated rings. The minimum Gasteiger partial charge on any atom is -0.480 e. The van der Waals surface area contributed by atoms with Crippen LogP contribution in [0.5, 0.6) is 0 Å². The molecule has 0 aliphatic heterocycles. The van der Waals surface area contributed by atoms with E-state index in [0.717, 1.165) is 0 Å². The maximum atomic E-state index is 11.5. The summed E-state index contributed by atoms with van der Waals surface area (Å²) < 4.78 is 4.82. The molecule has 0 aromatic carbocycles. The zero-order valence-corrected chi connectivity index (χ0v) is 11.0. The lowest BCUT2D eigenvalue weighted by molar-refractivity contribution is -0.142. The van der Waals surface area contributed by atoms with Crippen molar-refractivity contribution in [2.45, 2.75) is 18.9 Å². The number of hydrogen-bond donors (Lipinski definition) is 4. The fourth-order valence-corrected chi connectivity index (χ4v) is 1.44. The Labute approximate surface area is 119 Å². The molecule has 0 radical (unpaired) electrons. The Balaban J connectivity index is 2.41. The third-order valence-electron chi connectivity index (χ3n) is 2.47. The van der Waals surface area contributed by atoms with Crippen LogP contribution in [0.1, 0.15) is 23.4 Å². The topological polar surface area (TPSA) is 152 Å². The van der Waals surface area contributed by atoms with Crippen LogP contribution in [0.2, 0.25) is 0 Å². The summed E-state index contributed by atoms with van der Waals surface area (Å²) >= 11 is 0. The highest BCUT2D eigenvalue weighted by Crippen LogP contribution is 1.99. The van der Waals surface area contributed by atoms with E-state index in [9.17, 15) is 19.2 Å². The van der Waals surface area contributed by atoms with Crippen molar-refractivity contribution in [3.63, 3.8) is 0 Å². The van der Waals surface area contributed by atoms with Gasteiger partial charge in [0.25, 0.3) is 5.91 Å². The zero-order chi connectivity index (χ0) is 15.8. The van der Waals surface area contributed by atoms with Crippen LogP contribution in [0, 0.1) is 0 Å². The summed E-state index contributed by atoms with van der Waals surface area (Å²) in [6, 6.07) is 1.69. The second kappa shape index (κ2) is 7.68. The molecule has 9 nitrogen and oxygen atoms in total. The second-order valence-electron chi connectivity index (χ2n) is 4.12. The molecule has 0 spiro atoms. The summed E-state index contributed by atoms with van der Waals surface area (Å²) in [6.45, 7) is -0.417. The number of rotatable bonds is 8. The molecule has 114 valence electrons. The molecule has 5 N–H and O–H groups in total. The van der Waals surface area contributed by atoms with E-state index in [0.29, 0.717) is 0 Å². The van der Waals surface area contributed by atoms with Crippen molar-refractivity contribution in [3.05, 3.63) is 24.2 Å². The normalized spacial score (nSPS) is 11.4. The average molecular weight is 297 g/mol. The molecule has 0 saturated heterocycles. The number of aliphatic carboxylic acids is 1. The van der Waals surface area contributed by atoms with Gasteiger partial charge in [-0.05, 0) is 18.6 Å². The Morgan fingerprint density at radius 3 is 2.57 bits per heavy atom. The van der Waals surface area contributed by atoms with Gasteiger partial charge in [-0.1, -0.05) is 0 Å². The summed E-state index contributed by atoms with van der Waals surface area (Å²) in [5.74, 6) is -3.22. The van der Waals surface area contributed by atoms with Gasteiger partial charge in [0.2, 0.25) is 11.8 Å². The van der Waals surface area contributed by atoms with Gasteiger partial charge in [0, 0.05) is 6.42 Å². The van der Waals surface area contributed by atoms with Gasteiger partial charge in [-0.3, -0.25) is 14.4 Å². The fourth-order valence-electron chi connectivity index (χ4n) is 1.44. The quantitative estimate of drug-likeness (QED) is 0.475. The first kappa shape index (κ1) is 16.2. The van der Waals surface area contributed by atoms with Crippen molar-refractivity contribution in [1.82, 2.24) is 10.6 Å². The number of carbonyl (C=O) groups is 4. The summed E-state index contributed by atoms with van der Waals surface area (Å²) in [4.78, 5) is 44.5. The molecule has 0 aliphatic carbocycles. The maximum Gasteiger partial charge on any atom is 0.326 e. The fraction of sp³-hybridized carbons (Fsp3) is 0.333. The lowest BCUT2D eigenvalue weighted by Crippen LogP contribution is -2.45. The summed E-state index contributed by atoms with van der Waals surface area (Å²) in [7, 11) is 0. The van der Waals surface area contributed by atoms with Crippen molar-refractivity contribution in [1.29, 1.82) is 0 Å². The van der Waals surface area contributed by atoms with Crippen molar-refractivity contribution in [2.75, 3.05) is 6.54 Å². The van der Waals surface area contributed by atoms with Crippen LogP contribution in [0.3, 0.4) is 0 Å². The predicted octanol–water partition coefficient (Wildman–Crippen LogP) is -1.16. The third kappa shape index (κ3) is 5.76. The van der Waals surface area contributed by atoms with E-state index >= 15 is 0 Å². The van der Waals surface area contributed by atoms with Gasteiger partial charge in [-0.25, -0.2) is 4.79 Å². The molecule has 0 bridgehead atoms. The Morgan fingerprint density at radius 2 is 2.05 bits per heavy atom. The van der Waals surface area contributed by atoms with Crippen LogP contribution < -0.4 is 16.4 Å². The van der Waals surface area contributed by atoms with Crippen LogP contribution >= 0.6 is 0 Å². The molecule has 3 amide bonds. The molecular weight excluding hydrogens is 282 g/mol. The van der Waals surface area contributed by atoms with Crippen LogP contribution in [0.25, 0.3) is 0 Å². The molecule has 1 atom stereocenters. The number of nitrogens with one attached hydrogen (secondary N) is 2. The summed E-state index contributed by atoms with van der Waals surface area (Å²) in [5, 5.41) is 13.3. The molecule has 0 saturated carbocycles. The van der Waals surface area contributed by atoms with E-state index in [4.69, 9.17) is 15.3 Å². The van der Waals surface area contributed by atoms with E-state index in [1.165, 1.54) is 18.4 Å². The highest BCUT2D eigenvalue weighted by atomic mass is 16.4. The van der Waals surface area contributed by atoms with Crippen LogP contribution in [-0.4, -0.2) is 41.4 Å². The summed E-state index contributed by atoms with van der Waals surface area (Å²) in [6.07, 6.45) is 1.01. The lowest BCUT2D eigenvalue weighted by Gasteiger charge is -2.13. The molecule has 0 aliphatic rings. The van der Waals surface area contributed by atoms with Gasteiger partial charge in [0.1, 0.15) is 6.04 Å². The van der Waals surface area contributed by atoms with Crippen LogP contribution in [-0.2, 0) is 14.4 Å². The highest BCUT2D eigenvalue weighted by Gasteiger charge is 2.20. The minimum absolute atomic E-state index is 0.0336. The first-order chi connectivity index (χ1) is 9.90. The number of carbonyl (C=O) groups excluding carboxylic acids is 3. The van der Waals surface area contributed by atoms with Crippen LogP contribution in [0.4, 0.5) is 0 Å². The van der Waals surface area contributed by atoms with Gasteiger partial charge in [0.15, 0.2) is 5.76 Å². The zero-order valence-electron chi connectivity index (χ0n) is 11.0. The van der Waals surface area contributed by atoms with Crippen molar-refractivity contribution >= 4 is 23.7 Å². The Kier molecular flexibility index (Phi) is 5.93. The third-order valence-corrected chi connectivity index (χ3v) is 2.47. The van der Waals surface area contributed by atoms with Crippen molar-refractivity contribution < 1.29 is 28.7 Å². The number of nitrogens with two attached hydrogens (primary N) is 1. The average Bonchev–Trinajstić information content (AvgIpc) is 2.94. The second-order valence-corrected chi connectivity index (χ2v) is 4.12. The smallest absolute Gasteiger partial charge is 0.326 e. The van der Waals surface area contributed by atoms with E-state index in [1.807, 2.05) is 0 Å². The molecule has 0 unspecified atom stereocenters. The number of primary amides is 1. The van der Waals surface area contributed by atoms with E-state index in [-0.39, 0.29) is 18.6 Å². The number of carboxylic acids is 1. The standard InChI is InChI=1S/C12H15N3O6/c13-9(16)4-3-7(12(19)20)15-10(17)6-14-11(18)8-2-1-5-21-8/h1-2,5,7H,3-4,6H2,(H2,13,16)(H,14,18)(H,15,17)(H,19,20)/t7-/m0/s1. The lowest BCUT2D eigenvalue weighted by atomic mass is 10.1. The molecule has 1 aromatic rings. The number of furan rings is 1. The molecule has 1 heterocycles. The molecule has 1 rings (SSSR count). The SMILES string of the molecule is NC(=O)CC[C@H](NC(=O)CNC(=O)c1ccco1)C(=O)O. The molecule has 1 aromatic heterocycles. The monoisotopic (exact) mass is 297 g/mol. The predicted molar refractivity (Wildman–Crippen MR) is 69.0 cm³/mol. The highest BCUT2D eigenvalue weighted by molar-refractivity contribution is 5.94. The van der Waals surface area contributed by atoms with Gasteiger partial charge in [-0.2, -0.15) is 0 Å². The van der Waals surface area contributed by atoms with E-state index < -0.39 is 36.3 Å². The van der Waals surface area contributed by atoms with Crippen molar-refractivity contribution in [2.24, 2.45) is 5.73 Å². The van der Waals surface area contributed by atoms with Gasteiger partial charge in [-0.15, -0.1) is 0 Å².